The van der Waals surface area contributed by atoms with Crippen molar-refractivity contribution in [3.05, 3.63) is 0 Å². The lowest BCUT2D eigenvalue weighted by Crippen LogP contribution is -2.67. The van der Waals surface area contributed by atoms with Gasteiger partial charge in [-0.25, -0.2) is 0 Å². The third kappa shape index (κ3) is 9.30. The SMILES string of the molecule is C[Si]1(CCCOCC2CO2)O[Si](C)(CCC2CCC3OC3C2)O[Si](C)(CCC2CCC3OC3C2)O[Si](C)(CCC2CCC3OC3C2)O1. The summed E-state index contributed by atoms with van der Waals surface area (Å²) < 4.78 is 59.3. The summed E-state index contributed by atoms with van der Waals surface area (Å²) in [4.78, 5) is 0. The standard InChI is InChI=1S/C34H62O9Si4/c1-44(16-5-15-35-23-28-24-36-28)40-45(2,17-12-25-6-9-29-32(20-25)37-29)42-47(4,19-14-27-8-11-31-34(22-27)39-31)43-46(3,41-44)18-13-26-7-10-30-33(21-26)38-30/h25-34H,5-24H2,1-4H3. The highest BCUT2D eigenvalue weighted by molar-refractivity contribution is 6.93. The van der Waals surface area contributed by atoms with Gasteiger partial charge in [0, 0.05) is 6.61 Å². The van der Waals surface area contributed by atoms with E-state index in [1.165, 1.54) is 77.0 Å². The quantitative estimate of drug-likeness (QED) is 0.100. The normalized spacial score (nSPS) is 51.6. The fourth-order valence-electron chi connectivity index (χ4n) is 9.84. The summed E-state index contributed by atoms with van der Waals surface area (Å²) in [5.74, 6) is 2.13. The molecule has 8 rings (SSSR count). The van der Waals surface area contributed by atoms with Crippen LogP contribution in [0.5, 0.6) is 0 Å². The van der Waals surface area contributed by atoms with E-state index in [9.17, 15) is 0 Å². The van der Waals surface area contributed by atoms with Gasteiger partial charge in [-0.1, -0.05) is 0 Å². The molecule has 5 saturated heterocycles. The Labute approximate surface area is 287 Å². The number of epoxide rings is 4. The molecule has 0 aromatic rings. The molecule has 47 heavy (non-hydrogen) atoms. The Bertz CT molecular complexity index is 1050. The van der Waals surface area contributed by atoms with E-state index < -0.39 is 34.2 Å². The summed E-state index contributed by atoms with van der Waals surface area (Å²) in [6.45, 7) is 11.7. The second kappa shape index (κ2) is 13.8. The zero-order chi connectivity index (χ0) is 32.3. The van der Waals surface area contributed by atoms with Crippen molar-refractivity contribution in [1.82, 2.24) is 0 Å². The highest BCUT2D eigenvalue weighted by atomic mass is 28.5. The first-order chi connectivity index (χ1) is 22.5. The van der Waals surface area contributed by atoms with E-state index >= 15 is 0 Å². The molecule has 0 aromatic heterocycles. The van der Waals surface area contributed by atoms with Gasteiger partial charge in [-0.05, 0) is 152 Å². The van der Waals surface area contributed by atoms with Gasteiger partial charge < -0.3 is 40.1 Å². The first-order valence-corrected chi connectivity index (χ1v) is 29.6. The van der Waals surface area contributed by atoms with E-state index in [2.05, 4.69) is 26.2 Å². The number of hydrogen-bond acceptors (Lipinski definition) is 9. The van der Waals surface area contributed by atoms with Crippen molar-refractivity contribution in [2.45, 2.75) is 177 Å². The number of ether oxygens (including phenoxy) is 5. The largest absolute Gasteiger partial charge is 0.416 e. The number of rotatable bonds is 15. The van der Waals surface area contributed by atoms with Crippen molar-refractivity contribution in [2.24, 2.45) is 17.8 Å². The molecule has 13 heteroatoms. The van der Waals surface area contributed by atoms with Gasteiger partial charge in [-0.3, -0.25) is 0 Å². The van der Waals surface area contributed by atoms with Crippen molar-refractivity contribution >= 4 is 34.2 Å². The molecule has 5 aliphatic heterocycles. The van der Waals surface area contributed by atoms with Crippen LogP contribution in [0.15, 0.2) is 0 Å². The summed E-state index contributed by atoms with van der Waals surface area (Å²) in [5.41, 5.74) is 0. The minimum Gasteiger partial charge on any atom is -0.416 e. The van der Waals surface area contributed by atoms with Gasteiger partial charge >= 0.3 is 34.2 Å². The van der Waals surface area contributed by atoms with Crippen LogP contribution < -0.4 is 0 Å². The van der Waals surface area contributed by atoms with Gasteiger partial charge in [0.1, 0.15) is 6.10 Å². The topological polar surface area (TPSA) is 96.3 Å². The Hall–Kier alpha value is 0.508. The summed E-state index contributed by atoms with van der Waals surface area (Å²) >= 11 is 0. The Morgan fingerprint density at radius 1 is 0.511 bits per heavy atom. The molecule has 12 unspecified atom stereocenters. The van der Waals surface area contributed by atoms with E-state index in [0.717, 1.165) is 43.8 Å². The molecule has 0 radical (unpaired) electrons. The molecular weight excluding hydrogens is 665 g/mol. The van der Waals surface area contributed by atoms with Crippen LogP contribution in [0, 0.1) is 17.8 Å². The van der Waals surface area contributed by atoms with Crippen molar-refractivity contribution in [1.29, 1.82) is 0 Å². The summed E-state index contributed by atoms with van der Waals surface area (Å²) in [7, 11) is -10.5. The highest BCUT2D eigenvalue weighted by Gasteiger charge is 2.57. The zero-order valence-electron chi connectivity index (χ0n) is 29.6. The van der Waals surface area contributed by atoms with Crippen molar-refractivity contribution < 1.29 is 40.1 Å². The molecule has 3 saturated carbocycles. The van der Waals surface area contributed by atoms with Gasteiger partial charge in [-0.2, -0.15) is 0 Å². The zero-order valence-corrected chi connectivity index (χ0v) is 33.6. The Kier molecular flexibility index (Phi) is 10.2. The van der Waals surface area contributed by atoms with Crippen LogP contribution in [0.25, 0.3) is 0 Å². The van der Waals surface area contributed by atoms with Gasteiger partial charge in [0.05, 0.1) is 49.8 Å². The molecular formula is C34H62O9Si4. The average Bonchev–Trinajstić information content (AvgIpc) is 3.84. The lowest BCUT2D eigenvalue weighted by Gasteiger charge is -2.51. The summed E-state index contributed by atoms with van der Waals surface area (Å²) in [5, 5.41) is 0. The fourth-order valence-corrected chi connectivity index (χ4v) is 33.5. The second-order valence-corrected chi connectivity index (χ2v) is 31.7. The summed E-state index contributed by atoms with van der Waals surface area (Å²) in [6.07, 6.45) is 19.0. The van der Waals surface area contributed by atoms with E-state index in [1.807, 2.05) is 0 Å². The molecule has 5 heterocycles. The molecule has 0 aromatic carbocycles. The Balaban J connectivity index is 0.985. The molecule has 0 N–H and O–H groups in total. The van der Waals surface area contributed by atoms with Gasteiger partial charge in [0.2, 0.25) is 0 Å². The third-order valence-corrected chi connectivity index (χ3v) is 31.4. The molecule has 12 atom stereocenters. The van der Waals surface area contributed by atoms with Gasteiger partial charge in [-0.15, -0.1) is 0 Å². The minimum absolute atomic E-state index is 0.298. The molecule has 3 aliphatic carbocycles. The predicted molar refractivity (Wildman–Crippen MR) is 187 cm³/mol. The lowest BCUT2D eigenvalue weighted by molar-refractivity contribution is 0.115. The van der Waals surface area contributed by atoms with Crippen LogP contribution in [0.3, 0.4) is 0 Å². The smallest absolute Gasteiger partial charge is 0.317 e. The molecule has 8 aliphatic rings. The van der Waals surface area contributed by atoms with Crippen LogP contribution in [-0.4, -0.2) is 96.8 Å². The first-order valence-electron chi connectivity index (χ1n) is 19.5. The Morgan fingerprint density at radius 3 is 1.26 bits per heavy atom. The number of hydrogen-bond donors (Lipinski definition) is 0. The third-order valence-electron chi connectivity index (χ3n) is 12.7. The van der Waals surface area contributed by atoms with Crippen LogP contribution in [0.4, 0.5) is 0 Å². The fraction of sp³-hybridized carbons (Fsp3) is 1.00. The van der Waals surface area contributed by atoms with Crippen LogP contribution in [0.1, 0.15) is 83.5 Å². The maximum Gasteiger partial charge on any atom is 0.317 e. The maximum absolute atomic E-state index is 7.59. The first kappa shape index (κ1) is 34.6. The molecule has 0 amide bonds. The van der Waals surface area contributed by atoms with Crippen LogP contribution in [-0.2, 0) is 40.1 Å². The highest BCUT2D eigenvalue weighted by Crippen LogP contribution is 2.47. The Morgan fingerprint density at radius 2 is 0.894 bits per heavy atom. The van der Waals surface area contributed by atoms with E-state index in [1.54, 1.807) is 0 Å². The van der Waals surface area contributed by atoms with Crippen molar-refractivity contribution in [3.8, 4) is 0 Å². The van der Waals surface area contributed by atoms with Crippen molar-refractivity contribution in [3.63, 3.8) is 0 Å². The molecule has 9 nitrogen and oxygen atoms in total. The van der Waals surface area contributed by atoms with E-state index in [4.69, 9.17) is 40.1 Å². The van der Waals surface area contributed by atoms with Crippen molar-refractivity contribution in [2.75, 3.05) is 19.8 Å². The van der Waals surface area contributed by atoms with Crippen LogP contribution in [0.2, 0.25) is 50.4 Å². The van der Waals surface area contributed by atoms with E-state index in [0.29, 0.717) is 67.1 Å². The average molecular weight is 727 g/mol. The number of fused-ring (bicyclic) bond motifs is 3. The molecule has 0 bridgehead atoms. The minimum atomic E-state index is -2.64. The second-order valence-electron chi connectivity index (χ2n) is 17.4. The molecule has 268 valence electrons. The molecule has 8 fully saturated rings. The maximum atomic E-state index is 7.59. The lowest BCUT2D eigenvalue weighted by atomic mass is 9.88. The predicted octanol–water partition coefficient (Wildman–Crippen LogP) is 7.03. The summed E-state index contributed by atoms with van der Waals surface area (Å²) in [6, 6.07) is 3.99. The van der Waals surface area contributed by atoms with Gasteiger partial charge in [0.25, 0.3) is 0 Å². The van der Waals surface area contributed by atoms with Gasteiger partial charge in [0.15, 0.2) is 0 Å². The van der Waals surface area contributed by atoms with Crippen LogP contribution >= 0.6 is 0 Å². The molecule has 0 spiro atoms. The van der Waals surface area contributed by atoms with E-state index in [-0.39, 0.29) is 0 Å². The monoisotopic (exact) mass is 726 g/mol.